The normalized spacial score (nSPS) is 14.8. The van der Waals surface area contributed by atoms with Crippen molar-refractivity contribution >= 4 is 11.8 Å². The summed E-state index contributed by atoms with van der Waals surface area (Å²) in [5.74, 6) is 1.10. The van der Waals surface area contributed by atoms with Crippen LogP contribution in [0.5, 0.6) is 0 Å². The minimum atomic E-state index is 1.10. The molecule has 2 rings (SSSR count). The minimum Gasteiger partial charge on any atom is -0.129 e. The fourth-order valence-corrected chi connectivity index (χ4v) is 1.75. The SMILES string of the molecule is [C]1=CSCc2ccccc21. The van der Waals surface area contributed by atoms with Crippen molar-refractivity contribution in [1.29, 1.82) is 0 Å². The van der Waals surface area contributed by atoms with Crippen LogP contribution in [0.2, 0.25) is 0 Å². The maximum atomic E-state index is 3.20. The van der Waals surface area contributed by atoms with E-state index in [1.807, 2.05) is 5.41 Å². The standard InChI is InChI=1S/C9H7S/c1-2-4-9-7-10-6-5-8(9)3-1/h1-4,6H,7H2. The van der Waals surface area contributed by atoms with E-state index >= 15 is 0 Å². The predicted octanol–water partition coefficient (Wildman–Crippen LogP) is 2.60. The van der Waals surface area contributed by atoms with E-state index in [0.717, 1.165) is 5.75 Å². The fourth-order valence-electron chi connectivity index (χ4n) is 1.02. The largest absolute Gasteiger partial charge is 0.129 e. The zero-order valence-corrected chi connectivity index (χ0v) is 6.32. The zero-order chi connectivity index (χ0) is 6.81. The highest BCUT2D eigenvalue weighted by Gasteiger charge is 2.01. The highest BCUT2D eigenvalue weighted by Crippen LogP contribution is 2.22. The van der Waals surface area contributed by atoms with Gasteiger partial charge in [0.1, 0.15) is 0 Å². The number of hydrogen-bond donors (Lipinski definition) is 0. The second kappa shape index (κ2) is 2.51. The molecule has 0 bridgehead atoms. The lowest BCUT2D eigenvalue weighted by atomic mass is 10.1. The number of hydrogen-bond acceptors (Lipinski definition) is 1. The zero-order valence-electron chi connectivity index (χ0n) is 5.50. The lowest BCUT2D eigenvalue weighted by molar-refractivity contribution is 1.35. The summed E-state index contributed by atoms with van der Waals surface area (Å²) in [6.45, 7) is 0. The average molecular weight is 147 g/mol. The van der Waals surface area contributed by atoms with Crippen LogP contribution < -0.4 is 0 Å². The van der Waals surface area contributed by atoms with Gasteiger partial charge in [0.25, 0.3) is 0 Å². The quantitative estimate of drug-likeness (QED) is 0.543. The molecule has 0 unspecified atom stereocenters. The van der Waals surface area contributed by atoms with Crippen molar-refractivity contribution in [2.45, 2.75) is 5.75 Å². The first-order chi connectivity index (χ1) is 4.97. The molecule has 0 saturated heterocycles. The highest BCUT2D eigenvalue weighted by atomic mass is 32.2. The number of rotatable bonds is 0. The first kappa shape index (κ1) is 6.05. The topological polar surface area (TPSA) is 0 Å². The van der Waals surface area contributed by atoms with Crippen molar-refractivity contribution in [2.24, 2.45) is 0 Å². The van der Waals surface area contributed by atoms with E-state index < -0.39 is 0 Å². The molecule has 1 aromatic carbocycles. The van der Waals surface area contributed by atoms with E-state index in [1.165, 1.54) is 11.1 Å². The smallest absolute Gasteiger partial charge is 0.0232 e. The Bertz CT molecular complexity index is 263. The van der Waals surface area contributed by atoms with Crippen LogP contribution in [0, 0.1) is 6.08 Å². The van der Waals surface area contributed by atoms with E-state index in [-0.39, 0.29) is 0 Å². The highest BCUT2D eigenvalue weighted by molar-refractivity contribution is 8.01. The van der Waals surface area contributed by atoms with Gasteiger partial charge in [0.15, 0.2) is 0 Å². The molecule has 0 saturated carbocycles. The van der Waals surface area contributed by atoms with Gasteiger partial charge >= 0.3 is 0 Å². The maximum Gasteiger partial charge on any atom is 0.0232 e. The van der Waals surface area contributed by atoms with Crippen LogP contribution in [-0.2, 0) is 5.75 Å². The Morgan fingerprint density at radius 1 is 1.30 bits per heavy atom. The van der Waals surface area contributed by atoms with Crippen molar-refractivity contribution < 1.29 is 0 Å². The molecule has 0 fully saturated rings. The van der Waals surface area contributed by atoms with Gasteiger partial charge < -0.3 is 0 Å². The van der Waals surface area contributed by atoms with E-state index in [0.29, 0.717) is 0 Å². The van der Waals surface area contributed by atoms with Crippen molar-refractivity contribution in [1.82, 2.24) is 0 Å². The summed E-state index contributed by atoms with van der Waals surface area (Å²) in [4.78, 5) is 0. The first-order valence-electron chi connectivity index (χ1n) is 3.24. The number of fused-ring (bicyclic) bond motifs is 1. The van der Waals surface area contributed by atoms with Gasteiger partial charge in [0.2, 0.25) is 0 Å². The molecule has 0 spiro atoms. The molecule has 1 heteroatoms. The second-order valence-electron chi connectivity index (χ2n) is 2.23. The Kier molecular flexibility index (Phi) is 1.52. The summed E-state index contributed by atoms with van der Waals surface area (Å²) in [5, 5.41) is 2.03. The average Bonchev–Trinajstić information content (AvgIpc) is 2.05. The molecular formula is C9H7S. The molecule has 0 atom stereocenters. The van der Waals surface area contributed by atoms with Crippen LogP contribution in [0.25, 0.3) is 0 Å². The summed E-state index contributed by atoms with van der Waals surface area (Å²) in [6.07, 6.45) is 3.20. The molecule has 0 aromatic heterocycles. The van der Waals surface area contributed by atoms with Crippen molar-refractivity contribution in [2.75, 3.05) is 0 Å². The Labute approximate surface area is 65.0 Å². The van der Waals surface area contributed by atoms with Gasteiger partial charge in [0, 0.05) is 5.75 Å². The summed E-state index contributed by atoms with van der Waals surface area (Å²) in [6, 6.07) is 8.38. The lowest BCUT2D eigenvalue weighted by Crippen LogP contribution is -1.88. The summed E-state index contributed by atoms with van der Waals surface area (Å²) < 4.78 is 0. The molecule has 1 aromatic rings. The van der Waals surface area contributed by atoms with Gasteiger partial charge in [-0.25, -0.2) is 0 Å². The Balaban J connectivity index is 2.54. The Hall–Kier alpha value is -0.690. The van der Waals surface area contributed by atoms with Crippen molar-refractivity contribution in [3.8, 4) is 0 Å². The first-order valence-corrected chi connectivity index (χ1v) is 4.29. The summed E-state index contributed by atoms with van der Waals surface area (Å²) >= 11 is 1.80. The van der Waals surface area contributed by atoms with Crippen molar-refractivity contribution in [3.05, 3.63) is 46.9 Å². The van der Waals surface area contributed by atoms with Gasteiger partial charge in [-0.1, -0.05) is 24.3 Å². The van der Waals surface area contributed by atoms with Crippen LogP contribution in [-0.4, -0.2) is 0 Å². The molecular weight excluding hydrogens is 140 g/mol. The van der Waals surface area contributed by atoms with Crippen LogP contribution in [0.15, 0.2) is 29.7 Å². The van der Waals surface area contributed by atoms with E-state index in [2.05, 4.69) is 30.3 Å². The third kappa shape index (κ3) is 0.971. The molecule has 1 heterocycles. The second-order valence-corrected chi connectivity index (χ2v) is 3.09. The maximum absolute atomic E-state index is 3.20. The van der Waals surface area contributed by atoms with E-state index in [4.69, 9.17) is 0 Å². The molecule has 1 aliphatic rings. The Morgan fingerprint density at radius 2 is 2.20 bits per heavy atom. The molecule has 10 heavy (non-hydrogen) atoms. The predicted molar refractivity (Wildman–Crippen MR) is 44.7 cm³/mol. The van der Waals surface area contributed by atoms with Gasteiger partial charge in [0.05, 0.1) is 0 Å². The monoisotopic (exact) mass is 147 g/mol. The third-order valence-electron chi connectivity index (χ3n) is 1.55. The number of thioether (sulfide) groups is 1. The molecule has 0 amide bonds. The van der Waals surface area contributed by atoms with Crippen molar-refractivity contribution in [3.63, 3.8) is 0 Å². The summed E-state index contributed by atoms with van der Waals surface area (Å²) in [7, 11) is 0. The molecule has 1 radical (unpaired) electrons. The minimum absolute atomic E-state index is 1.10. The van der Waals surface area contributed by atoms with Gasteiger partial charge in [-0.2, -0.15) is 0 Å². The van der Waals surface area contributed by atoms with Crippen LogP contribution in [0.4, 0.5) is 0 Å². The number of benzene rings is 1. The van der Waals surface area contributed by atoms with E-state index in [9.17, 15) is 0 Å². The van der Waals surface area contributed by atoms with Crippen LogP contribution in [0.1, 0.15) is 11.1 Å². The van der Waals surface area contributed by atoms with Crippen LogP contribution >= 0.6 is 11.8 Å². The fraction of sp³-hybridized carbons (Fsp3) is 0.111. The molecule has 0 N–H and O–H groups in total. The third-order valence-corrected chi connectivity index (χ3v) is 2.32. The van der Waals surface area contributed by atoms with Crippen LogP contribution in [0.3, 0.4) is 0 Å². The lowest BCUT2D eigenvalue weighted by Gasteiger charge is -2.06. The Morgan fingerprint density at radius 3 is 3.10 bits per heavy atom. The summed E-state index contributed by atoms with van der Waals surface area (Å²) in [5.41, 5.74) is 2.65. The van der Waals surface area contributed by atoms with Gasteiger partial charge in [-0.05, 0) is 22.6 Å². The molecule has 49 valence electrons. The molecule has 0 nitrogen and oxygen atoms in total. The molecule has 1 aliphatic heterocycles. The van der Waals surface area contributed by atoms with E-state index in [1.54, 1.807) is 11.8 Å². The molecule has 0 aliphatic carbocycles. The van der Waals surface area contributed by atoms with Gasteiger partial charge in [-0.3, -0.25) is 0 Å². The van der Waals surface area contributed by atoms with Gasteiger partial charge in [-0.15, -0.1) is 11.8 Å².